The Kier molecular flexibility index (Phi) is 9.41. The van der Waals surface area contributed by atoms with Crippen LogP contribution in [-0.2, 0) is 26.6 Å². The van der Waals surface area contributed by atoms with E-state index in [1.165, 1.54) is 0 Å². The first-order valence-electron chi connectivity index (χ1n) is 8.13. The van der Waals surface area contributed by atoms with Gasteiger partial charge in [0.1, 0.15) is 0 Å². The van der Waals surface area contributed by atoms with Crippen molar-refractivity contribution in [3.05, 3.63) is 0 Å². The van der Waals surface area contributed by atoms with Gasteiger partial charge in [0.15, 0.2) is 0 Å². The maximum Gasteiger partial charge on any atom is 0.500 e. The highest BCUT2D eigenvalue weighted by Gasteiger charge is 2.46. The predicted octanol–water partition coefficient (Wildman–Crippen LogP) is 1.52. The van der Waals surface area contributed by atoms with Crippen LogP contribution >= 0.6 is 0 Å². The zero-order valence-electron chi connectivity index (χ0n) is 15.0. The van der Waals surface area contributed by atoms with Gasteiger partial charge in [0.25, 0.3) is 0 Å². The van der Waals surface area contributed by atoms with Gasteiger partial charge in [-0.1, -0.05) is 13.8 Å². The van der Waals surface area contributed by atoms with Crippen LogP contribution in [0, 0.1) is 11.8 Å². The van der Waals surface area contributed by atoms with E-state index >= 15 is 0 Å². The smallest absolute Gasteiger partial charge is 0.396 e. The van der Waals surface area contributed by atoms with E-state index in [0.29, 0.717) is 37.8 Å². The Balaban J connectivity index is 2.59. The fourth-order valence-corrected chi connectivity index (χ4v) is 7.31. The van der Waals surface area contributed by atoms with Crippen LogP contribution in [0.3, 0.4) is 0 Å². The third-order valence-electron chi connectivity index (χ3n) is 3.97. The molecule has 1 N–H and O–H groups in total. The summed E-state index contributed by atoms with van der Waals surface area (Å²) < 4.78 is 34.3. The molecular formula is C14H32O7Si2. The van der Waals surface area contributed by atoms with Crippen molar-refractivity contribution in [1.82, 2.24) is 0 Å². The highest BCUT2D eigenvalue weighted by molar-refractivity contribution is 6.62. The fourth-order valence-electron chi connectivity index (χ4n) is 2.33. The van der Waals surface area contributed by atoms with Crippen LogP contribution in [-0.4, -0.2) is 70.5 Å². The van der Waals surface area contributed by atoms with Crippen LogP contribution in [0.2, 0.25) is 12.1 Å². The summed E-state index contributed by atoms with van der Waals surface area (Å²) in [6.45, 7) is 5.87. The first-order chi connectivity index (χ1) is 10.9. The Hall–Kier alpha value is 0.154. The Bertz CT molecular complexity index is 312. The number of rotatable bonds is 11. The van der Waals surface area contributed by atoms with E-state index in [9.17, 15) is 5.11 Å². The molecule has 0 aromatic carbocycles. The van der Waals surface area contributed by atoms with Crippen molar-refractivity contribution in [1.29, 1.82) is 0 Å². The van der Waals surface area contributed by atoms with E-state index in [-0.39, 0.29) is 12.5 Å². The second kappa shape index (κ2) is 10.2. The maximum absolute atomic E-state index is 9.18. The molecule has 1 heterocycles. The monoisotopic (exact) mass is 368 g/mol. The predicted molar refractivity (Wildman–Crippen MR) is 90.0 cm³/mol. The maximum atomic E-state index is 9.18. The molecule has 1 aliphatic heterocycles. The van der Waals surface area contributed by atoms with Gasteiger partial charge in [-0.25, -0.2) is 0 Å². The molecule has 0 radical (unpaired) electrons. The van der Waals surface area contributed by atoms with Gasteiger partial charge in [-0.05, 0) is 6.42 Å². The molecule has 1 saturated heterocycles. The summed E-state index contributed by atoms with van der Waals surface area (Å²) in [7, 11) is -0.445. The van der Waals surface area contributed by atoms with E-state index < -0.39 is 17.6 Å². The highest BCUT2D eigenvalue weighted by atomic mass is 28.4. The zero-order valence-corrected chi connectivity index (χ0v) is 17.0. The van der Waals surface area contributed by atoms with Crippen LogP contribution in [0.15, 0.2) is 0 Å². The number of aliphatic hydroxyl groups is 1. The average Bonchev–Trinajstić information content (AvgIpc) is 2.59. The minimum absolute atomic E-state index is 0.0660. The van der Waals surface area contributed by atoms with Gasteiger partial charge in [-0.3, -0.25) is 0 Å². The Labute approximate surface area is 141 Å². The van der Waals surface area contributed by atoms with Gasteiger partial charge in [0.05, 0.1) is 0 Å². The minimum atomic E-state index is -2.70. The topological polar surface area (TPSA) is 75.6 Å². The molecule has 7 nitrogen and oxygen atoms in total. The number of hydrogen-bond acceptors (Lipinski definition) is 7. The lowest BCUT2D eigenvalue weighted by atomic mass is 10.2. The Morgan fingerprint density at radius 1 is 1.17 bits per heavy atom. The summed E-state index contributed by atoms with van der Waals surface area (Å²) in [4.78, 5) is 0. The summed E-state index contributed by atoms with van der Waals surface area (Å²) >= 11 is 0. The van der Waals surface area contributed by atoms with Crippen LogP contribution in [0.4, 0.5) is 0 Å². The molecule has 9 heteroatoms. The normalized spacial score (nSPS) is 27.1. The minimum Gasteiger partial charge on any atom is -0.396 e. The molecule has 1 unspecified atom stereocenters. The lowest BCUT2D eigenvalue weighted by Gasteiger charge is -2.36. The molecule has 1 fully saturated rings. The number of hydrogen-bond donors (Lipinski definition) is 1. The van der Waals surface area contributed by atoms with Gasteiger partial charge >= 0.3 is 17.6 Å². The SMILES string of the molecule is CO[Si](CCC[Si]1(OCC(C)CO)OCC(C)CO1)(OC)OC. The molecule has 0 aromatic heterocycles. The summed E-state index contributed by atoms with van der Waals surface area (Å²) in [5.41, 5.74) is 0. The van der Waals surface area contributed by atoms with Crippen molar-refractivity contribution >= 4 is 17.6 Å². The van der Waals surface area contributed by atoms with Gasteiger partial charge in [-0.2, -0.15) is 0 Å². The summed E-state index contributed by atoms with van der Waals surface area (Å²) in [5, 5.41) is 9.18. The quantitative estimate of drug-likeness (QED) is 0.554. The molecule has 23 heavy (non-hydrogen) atoms. The summed E-state index contributed by atoms with van der Waals surface area (Å²) in [6.07, 6.45) is 0.788. The van der Waals surface area contributed by atoms with Crippen LogP contribution in [0.1, 0.15) is 20.3 Å². The molecule has 0 spiro atoms. The van der Waals surface area contributed by atoms with E-state index in [1.807, 2.05) is 6.92 Å². The molecule has 0 bridgehead atoms. The van der Waals surface area contributed by atoms with Crippen molar-refractivity contribution in [2.24, 2.45) is 11.8 Å². The van der Waals surface area contributed by atoms with Crippen molar-refractivity contribution < 1.29 is 31.7 Å². The molecule has 1 atom stereocenters. The van der Waals surface area contributed by atoms with Gasteiger partial charge in [-0.15, -0.1) is 0 Å². The first-order valence-corrected chi connectivity index (χ1v) is 12.0. The van der Waals surface area contributed by atoms with Crippen LogP contribution < -0.4 is 0 Å². The van der Waals surface area contributed by atoms with E-state index in [0.717, 1.165) is 6.42 Å². The third kappa shape index (κ3) is 6.52. The van der Waals surface area contributed by atoms with E-state index in [4.69, 9.17) is 26.6 Å². The average molecular weight is 369 g/mol. The molecule has 0 aliphatic carbocycles. The third-order valence-corrected chi connectivity index (χ3v) is 9.59. The number of aliphatic hydroxyl groups excluding tert-OH is 1. The van der Waals surface area contributed by atoms with Gasteiger partial charge in [0.2, 0.25) is 0 Å². The van der Waals surface area contributed by atoms with Crippen molar-refractivity contribution in [3.8, 4) is 0 Å². The molecule has 138 valence electrons. The first kappa shape index (κ1) is 21.2. The largest absolute Gasteiger partial charge is 0.500 e. The molecule has 0 saturated carbocycles. The van der Waals surface area contributed by atoms with E-state index in [1.54, 1.807) is 21.3 Å². The van der Waals surface area contributed by atoms with Crippen LogP contribution in [0.5, 0.6) is 0 Å². The lowest BCUT2D eigenvalue weighted by molar-refractivity contribution is -0.0133. The van der Waals surface area contributed by atoms with E-state index in [2.05, 4.69) is 6.92 Å². The van der Waals surface area contributed by atoms with Crippen molar-refractivity contribution in [2.75, 3.05) is 47.8 Å². The summed E-state index contributed by atoms with van der Waals surface area (Å²) in [5.74, 6) is 0.441. The second-order valence-electron chi connectivity index (χ2n) is 6.16. The standard InChI is InChI=1S/C14H32O7Si2/c1-13(9-15)10-19-23(20-11-14(2)12-21-23)8-6-7-22(16-3,17-4)18-5/h13-15H,6-12H2,1-5H3. The van der Waals surface area contributed by atoms with Crippen molar-refractivity contribution in [2.45, 2.75) is 32.4 Å². The Morgan fingerprint density at radius 3 is 2.22 bits per heavy atom. The molecule has 0 amide bonds. The van der Waals surface area contributed by atoms with Crippen molar-refractivity contribution in [3.63, 3.8) is 0 Å². The zero-order chi connectivity index (χ0) is 17.3. The molecule has 1 aliphatic rings. The highest BCUT2D eigenvalue weighted by Crippen LogP contribution is 2.28. The Morgan fingerprint density at radius 2 is 1.74 bits per heavy atom. The van der Waals surface area contributed by atoms with Gasteiger partial charge < -0.3 is 31.7 Å². The lowest BCUT2D eigenvalue weighted by Crippen LogP contribution is -2.52. The second-order valence-corrected chi connectivity index (χ2v) is 12.0. The van der Waals surface area contributed by atoms with Crippen LogP contribution in [0.25, 0.3) is 0 Å². The molecule has 1 rings (SSSR count). The van der Waals surface area contributed by atoms with Gasteiger partial charge in [0, 0.05) is 71.7 Å². The summed E-state index contributed by atoms with van der Waals surface area (Å²) in [6, 6.07) is 1.38. The molecular weight excluding hydrogens is 336 g/mol. The molecule has 0 aromatic rings. The fraction of sp³-hybridized carbons (Fsp3) is 1.00.